The van der Waals surface area contributed by atoms with E-state index >= 15 is 0 Å². The van der Waals surface area contributed by atoms with Crippen LogP contribution in [0.3, 0.4) is 0 Å². The molecule has 2 N–H and O–H groups in total. The largest absolute Gasteiger partial charge is 0.467 e. The summed E-state index contributed by atoms with van der Waals surface area (Å²) >= 11 is 0. The standard InChI is InChI=1S/C13H15N3O2/c1-8-11(13(2,14)12(17)18-3)16-10-7-5-4-6-9(10)15-8/h4-7H,14H2,1-3H3/t13-/m0/s1. The Labute approximate surface area is 105 Å². The van der Waals surface area contributed by atoms with Gasteiger partial charge in [-0.1, -0.05) is 12.1 Å². The molecule has 18 heavy (non-hydrogen) atoms. The quantitative estimate of drug-likeness (QED) is 0.806. The Balaban J connectivity index is 2.64. The maximum absolute atomic E-state index is 11.7. The summed E-state index contributed by atoms with van der Waals surface area (Å²) in [5.74, 6) is -0.532. The Morgan fingerprint density at radius 3 is 2.39 bits per heavy atom. The van der Waals surface area contributed by atoms with Crippen LogP contribution in [0.1, 0.15) is 18.3 Å². The predicted molar refractivity (Wildman–Crippen MR) is 67.8 cm³/mol. The maximum atomic E-state index is 11.7. The highest BCUT2D eigenvalue weighted by molar-refractivity contribution is 5.83. The molecule has 0 aliphatic carbocycles. The zero-order valence-electron chi connectivity index (χ0n) is 10.6. The van der Waals surface area contributed by atoms with Gasteiger partial charge in [0.15, 0.2) is 5.54 Å². The molecular weight excluding hydrogens is 230 g/mol. The van der Waals surface area contributed by atoms with E-state index in [-0.39, 0.29) is 0 Å². The zero-order chi connectivity index (χ0) is 13.3. The van der Waals surface area contributed by atoms with E-state index in [0.717, 1.165) is 5.52 Å². The Hall–Kier alpha value is -2.01. The third-order valence-electron chi connectivity index (χ3n) is 2.85. The Morgan fingerprint density at radius 2 is 1.83 bits per heavy atom. The number of carbonyl (C=O) groups excluding carboxylic acids is 1. The van der Waals surface area contributed by atoms with Crippen molar-refractivity contribution in [3.05, 3.63) is 35.7 Å². The van der Waals surface area contributed by atoms with Crippen LogP contribution in [-0.2, 0) is 15.1 Å². The molecule has 5 heteroatoms. The monoisotopic (exact) mass is 245 g/mol. The van der Waals surface area contributed by atoms with Gasteiger partial charge in [-0.3, -0.25) is 0 Å². The molecule has 94 valence electrons. The number of nitrogens with two attached hydrogens (primary N) is 1. The molecule has 0 unspecified atom stereocenters. The molecule has 1 aromatic carbocycles. The summed E-state index contributed by atoms with van der Waals surface area (Å²) in [6.45, 7) is 3.35. The summed E-state index contributed by atoms with van der Waals surface area (Å²) in [6, 6.07) is 7.45. The molecule has 0 bridgehead atoms. The van der Waals surface area contributed by atoms with Crippen LogP contribution in [0.4, 0.5) is 0 Å². The van der Waals surface area contributed by atoms with E-state index in [1.54, 1.807) is 13.8 Å². The van der Waals surface area contributed by atoms with E-state index in [4.69, 9.17) is 10.5 Å². The van der Waals surface area contributed by atoms with Gasteiger partial charge in [0, 0.05) is 0 Å². The van der Waals surface area contributed by atoms with Gasteiger partial charge in [-0.25, -0.2) is 14.8 Å². The summed E-state index contributed by atoms with van der Waals surface area (Å²) < 4.78 is 4.70. The van der Waals surface area contributed by atoms with Crippen molar-refractivity contribution in [1.82, 2.24) is 9.97 Å². The summed E-state index contributed by atoms with van der Waals surface area (Å²) in [5.41, 5.74) is 7.26. The second-order valence-electron chi connectivity index (χ2n) is 4.34. The number of ether oxygens (including phenoxy) is 1. The molecule has 1 heterocycles. The molecule has 0 aliphatic heterocycles. The van der Waals surface area contributed by atoms with Crippen molar-refractivity contribution >= 4 is 17.0 Å². The van der Waals surface area contributed by atoms with E-state index in [0.29, 0.717) is 16.9 Å². The Morgan fingerprint density at radius 1 is 1.28 bits per heavy atom. The number of nitrogens with zero attached hydrogens (tertiary/aromatic N) is 2. The van der Waals surface area contributed by atoms with E-state index in [1.807, 2.05) is 24.3 Å². The van der Waals surface area contributed by atoms with Gasteiger partial charge < -0.3 is 10.5 Å². The normalized spacial score (nSPS) is 14.2. The molecule has 2 rings (SSSR count). The van der Waals surface area contributed by atoms with Gasteiger partial charge in [0.1, 0.15) is 0 Å². The molecule has 0 radical (unpaired) electrons. The maximum Gasteiger partial charge on any atom is 0.331 e. The van der Waals surface area contributed by atoms with Crippen LogP contribution < -0.4 is 5.73 Å². The SMILES string of the molecule is COC(=O)[C@@](C)(N)c1nc2ccccc2nc1C. The molecular formula is C13H15N3O2. The molecule has 0 saturated carbocycles. The Kier molecular flexibility index (Phi) is 3.00. The highest BCUT2D eigenvalue weighted by atomic mass is 16.5. The first-order chi connectivity index (χ1) is 8.46. The highest BCUT2D eigenvalue weighted by Crippen LogP contribution is 2.22. The molecule has 0 saturated heterocycles. The number of esters is 1. The van der Waals surface area contributed by atoms with E-state index < -0.39 is 11.5 Å². The molecule has 0 spiro atoms. The number of hydrogen-bond acceptors (Lipinski definition) is 5. The third kappa shape index (κ3) is 1.93. The third-order valence-corrected chi connectivity index (χ3v) is 2.85. The van der Waals surface area contributed by atoms with Crippen LogP contribution in [0.5, 0.6) is 0 Å². The van der Waals surface area contributed by atoms with E-state index in [9.17, 15) is 4.79 Å². The van der Waals surface area contributed by atoms with Gasteiger partial charge in [0.2, 0.25) is 0 Å². The average molecular weight is 245 g/mol. The van der Waals surface area contributed by atoms with Crippen molar-refractivity contribution in [2.24, 2.45) is 5.73 Å². The number of benzene rings is 1. The number of fused-ring (bicyclic) bond motifs is 1. The van der Waals surface area contributed by atoms with Crippen LogP contribution in [0.25, 0.3) is 11.0 Å². The molecule has 2 aromatic rings. The van der Waals surface area contributed by atoms with Crippen LogP contribution in [0.2, 0.25) is 0 Å². The number of methoxy groups -OCH3 is 1. The minimum atomic E-state index is -1.30. The first kappa shape index (κ1) is 12.4. The van der Waals surface area contributed by atoms with Gasteiger partial charge in [-0.2, -0.15) is 0 Å². The van der Waals surface area contributed by atoms with Gasteiger partial charge in [0.25, 0.3) is 0 Å². The predicted octanol–water partition coefficient (Wildman–Crippen LogP) is 1.29. The number of aryl methyl sites for hydroxylation is 1. The lowest BCUT2D eigenvalue weighted by atomic mass is 9.97. The van der Waals surface area contributed by atoms with Crippen molar-refractivity contribution in [3.8, 4) is 0 Å². The molecule has 0 amide bonds. The van der Waals surface area contributed by atoms with Crippen LogP contribution >= 0.6 is 0 Å². The zero-order valence-corrected chi connectivity index (χ0v) is 10.6. The lowest BCUT2D eigenvalue weighted by Gasteiger charge is -2.22. The second kappa shape index (κ2) is 4.34. The molecule has 0 aliphatic rings. The topological polar surface area (TPSA) is 78.1 Å². The summed E-state index contributed by atoms with van der Waals surface area (Å²) in [5, 5.41) is 0. The van der Waals surface area contributed by atoms with E-state index in [2.05, 4.69) is 9.97 Å². The first-order valence-electron chi connectivity index (χ1n) is 5.58. The van der Waals surface area contributed by atoms with Gasteiger partial charge in [0.05, 0.1) is 29.5 Å². The lowest BCUT2D eigenvalue weighted by Crippen LogP contribution is -2.44. The van der Waals surface area contributed by atoms with Crippen molar-refractivity contribution in [2.75, 3.05) is 7.11 Å². The molecule has 0 fully saturated rings. The number of carbonyl (C=O) groups is 1. The summed E-state index contributed by atoms with van der Waals surface area (Å²) in [4.78, 5) is 20.5. The summed E-state index contributed by atoms with van der Waals surface area (Å²) in [7, 11) is 1.30. The number of para-hydroxylation sites is 2. The van der Waals surface area contributed by atoms with Crippen molar-refractivity contribution in [2.45, 2.75) is 19.4 Å². The van der Waals surface area contributed by atoms with Crippen molar-refractivity contribution in [1.29, 1.82) is 0 Å². The Bertz CT molecular complexity index is 608. The number of hydrogen-bond donors (Lipinski definition) is 1. The smallest absolute Gasteiger partial charge is 0.331 e. The minimum Gasteiger partial charge on any atom is -0.467 e. The fourth-order valence-electron chi connectivity index (χ4n) is 1.89. The van der Waals surface area contributed by atoms with Gasteiger partial charge >= 0.3 is 5.97 Å². The van der Waals surface area contributed by atoms with Gasteiger partial charge in [-0.05, 0) is 26.0 Å². The first-order valence-corrected chi connectivity index (χ1v) is 5.58. The van der Waals surface area contributed by atoms with Crippen molar-refractivity contribution < 1.29 is 9.53 Å². The lowest BCUT2D eigenvalue weighted by molar-refractivity contribution is -0.146. The fraction of sp³-hybridized carbons (Fsp3) is 0.308. The molecule has 1 atom stereocenters. The van der Waals surface area contributed by atoms with Crippen LogP contribution in [0, 0.1) is 6.92 Å². The average Bonchev–Trinajstić information content (AvgIpc) is 2.36. The fourth-order valence-corrected chi connectivity index (χ4v) is 1.89. The molecule has 5 nitrogen and oxygen atoms in total. The highest BCUT2D eigenvalue weighted by Gasteiger charge is 2.35. The second-order valence-corrected chi connectivity index (χ2v) is 4.34. The number of aromatic nitrogens is 2. The summed E-state index contributed by atoms with van der Waals surface area (Å²) in [6.07, 6.45) is 0. The van der Waals surface area contributed by atoms with Gasteiger partial charge in [-0.15, -0.1) is 0 Å². The molecule has 1 aromatic heterocycles. The van der Waals surface area contributed by atoms with Crippen LogP contribution in [0.15, 0.2) is 24.3 Å². The van der Waals surface area contributed by atoms with Crippen LogP contribution in [-0.4, -0.2) is 23.0 Å². The number of rotatable bonds is 2. The van der Waals surface area contributed by atoms with E-state index in [1.165, 1.54) is 7.11 Å². The minimum absolute atomic E-state index is 0.438. The van der Waals surface area contributed by atoms with Crippen molar-refractivity contribution in [3.63, 3.8) is 0 Å².